The first kappa shape index (κ1) is 10.9. The zero-order chi connectivity index (χ0) is 11.0. The van der Waals surface area contributed by atoms with Crippen molar-refractivity contribution in [1.29, 1.82) is 0 Å². The first-order valence-corrected chi connectivity index (χ1v) is 6.15. The molecule has 1 heterocycles. The lowest BCUT2D eigenvalue weighted by Crippen LogP contribution is -2.36. The lowest BCUT2D eigenvalue weighted by Gasteiger charge is -2.17. The van der Waals surface area contributed by atoms with Gasteiger partial charge in [-0.3, -0.25) is 10.1 Å². The first-order chi connectivity index (χ1) is 7.13. The summed E-state index contributed by atoms with van der Waals surface area (Å²) in [5.41, 5.74) is 0. The van der Waals surface area contributed by atoms with Gasteiger partial charge in [-0.25, -0.2) is 0 Å². The molecule has 1 saturated heterocycles. The smallest absolute Gasteiger partial charge is 0.241 e. The van der Waals surface area contributed by atoms with Crippen LogP contribution in [-0.4, -0.2) is 30.1 Å². The number of hydrogen-bond donors (Lipinski definition) is 1. The van der Waals surface area contributed by atoms with Crippen molar-refractivity contribution < 1.29 is 4.79 Å². The minimum absolute atomic E-state index is 0.0732. The lowest BCUT2D eigenvalue weighted by atomic mass is 9.99. The largest absolute Gasteiger partial charge is 0.328 e. The normalized spacial score (nSPS) is 37.1. The van der Waals surface area contributed by atoms with E-state index in [0.29, 0.717) is 11.8 Å². The molecule has 1 aliphatic heterocycles. The van der Waals surface area contributed by atoms with Gasteiger partial charge >= 0.3 is 0 Å². The molecule has 3 nitrogen and oxygen atoms in total. The topological polar surface area (TPSA) is 32.3 Å². The van der Waals surface area contributed by atoms with E-state index < -0.39 is 0 Å². The Balaban J connectivity index is 1.86. The number of hydrogen-bond acceptors (Lipinski definition) is 2. The maximum Gasteiger partial charge on any atom is 0.241 e. The van der Waals surface area contributed by atoms with Gasteiger partial charge in [-0.15, -0.1) is 0 Å². The highest BCUT2D eigenvalue weighted by Crippen LogP contribution is 2.38. The second kappa shape index (κ2) is 4.12. The summed E-state index contributed by atoms with van der Waals surface area (Å²) < 4.78 is 0. The molecule has 1 saturated carbocycles. The minimum Gasteiger partial charge on any atom is -0.328 e. The number of nitrogens with one attached hydrogen (secondary N) is 1. The monoisotopic (exact) mass is 210 g/mol. The molecule has 4 atom stereocenters. The molecule has 2 aliphatic rings. The van der Waals surface area contributed by atoms with Crippen LogP contribution >= 0.6 is 0 Å². The lowest BCUT2D eigenvalue weighted by molar-refractivity contribution is -0.130. The van der Waals surface area contributed by atoms with Crippen LogP contribution in [0.2, 0.25) is 0 Å². The fourth-order valence-electron chi connectivity index (χ4n) is 2.34. The number of nitrogens with zero attached hydrogens (tertiary/aromatic N) is 1. The van der Waals surface area contributed by atoms with E-state index >= 15 is 0 Å². The molecule has 1 amide bonds. The average Bonchev–Trinajstić information content (AvgIpc) is 2.79. The predicted octanol–water partition coefficient (Wildman–Crippen LogP) is 1.45. The van der Waals surface area contributed by atoms with Crippen molar-refractivity contribution in [2.75, 3.05) is 13.2 Å². The third-order valence-corrected chi connectivity index (χ3v) is 4.02. The molecule has 4 unspecified atom stereocenters. The van der Waals surface area contributed by atoms with Crippen LogP contribution in [0.3, 0.4) is 0 Å². The highest BCUT2D eigenvalue weighted by molar-refractivity contribution is 5.84. The summed E-state index contributed by atoms with van der Waals surface area (Å²) in [4.78, 5) is 14.0. The summed E-state index contributed by atoms with van der Waals surface area (Å²) in [5.74, 6) is 2.38. The Labute approximate surface area is 92.2 Å². The summed E-state index contributed by atoms with van der Waals surface area (Å²) in [6, 6.07) is 0.0732. The van der Waals surface area contributed by atoms with Crippen molar-refractivity contribution in [3.63, 3.8) is 0 Å². The summed E-state index contributed by atoms with van der Waals surface area (Å²) >= 11 is 0. The van der Waals surface area contributed by atoms with E-state index in [2.05, 4.69) is 26.1 Å². The molecule has 0 radical (unpaired) electrons. The standard InChI is InChI=1S/C12H22N2O/c1-4-8(2)11-12(15)14(7-13-11)6-10-5-9(10)3/h8-11,13H,4-7H2,1-3H3. The molecule has 86 valence electrons. The van der Waals surface area contributed by atoms with Crippen LogP contribution in [0.1, 0.15) is 33.6 Å². The van der Waals surface area contributed by atoms with E-state index in [9.17, 15) is 4.79 Å². The van der Waals surface area contributed by atoms with Crippen molar-refractivity contribution in [3.05, 3.63) is 0 Å². The Morgan fingerprint density at radius 3 is 2.80 bits per heavy atom. The molecule has 0 aromatic heterocycles. The number of carbonyl (C=O) groups excluding carboxylic acids is 1. The Kier molecular flexibility index (Phi) is 3.01. The second-order valence-electron chi connectivity index (χ2n) is 5.26. The molecular weight excluding hydrogens is 188 g/mol. The van der Waals surface area contributed by atoms with Crippen molar-refractivity contribution in [2.24, 2.45) is 17.8 Å². The summed E-state index contributed by atoms with van der Waals surface area (Å²) in [6.45, 7) is 8.30. The van der Waals surface area contributed by atoms with Gasteiger partial charge in [0.15, 0.2) is 0 Å². The van der Waals surface area contributed by atoms with Crippen molar-refractivity contribution in [1.82, 2.24) is 10.2 Å². The highest BCUT2D eigenvalue weighted by atomic mass is 16.2. The third kappa shape index (κ3) is 2.17. The van der Waals surface area contributed by atoms with Gasteiger partial charge in [0.1, 0.15) is 0 Å². The first-order valence-electron chi connectivity index (χ1n) is 6.15. The molecule has 0 aromatic rings. The van der Waals surface area contributed by atoms with Gasteiger partial charge in [0.25, 0.3) is 0 Å². The molecule has 2 fully saturated rings. The summed E-state index contributed by atoms with van der Waals surface area (Å²) in [5, 5.41) is 3.33. The van der Waals surface area contributed by atoms with Crippen LogP contribution in [0.4, 0.5) is 0 Å². The highest BCUT2D eigenvalue weighted by Gasteiger charge is 2.40. The molecular formula is C12H22N2O. The van der Waals surface area contributed by atoms with Crippen molar-refractivity contribution >= 4 is 5.91 Å². The average molecular weight is 210 g/mol. The van der Waals surface area contributed by atoms with E-state index in [4.69, 9.17) is 0 Å². The summed E-state index contributed by atoms with van der Waals surface area (Å²) in [6.07, 6.45) is 2.37. The molecule has 0 aromatic carbocycles. The Morgan fingerprint density at radius 2 is 2.27 bits per heavy atom. The van der Waals surface area contributed by atoms with Gasteiger partial charge in [0.2, 0.25) is 5.91 Å². The zero-order valence-corrected chi connectivity index (χ0v) is 9.99. The van der Waals surface area contributed by atoms with E-state index in [0.717, 1.165) is 31.5 Å². The molecule has 2 rings (SSSR count). The second-order valence-corrected chi connectivity index (χ2v) is 5.26. The van der Waals surface area contributed by atoms with Crippen LogP contribution in [0.5, 0.6) is 0 Å². The van der Waals surface area contributed by atoms with E-state index in [1.54, 1.807) is 0 Å². The third-order valence-electron chi connectivity index (χ3n) is 4.02. The van der Waals surface area contributed by atoms with E-state index in [1.165, 1.54) is 6.42 Å². The van der Waals surface area contributed by atoms with Gasteiger partial charge in [-0.05, 0) is 24.2 Å². The SMILES string of the molecule is CCC(C)C1NCN(CC2CC2C)C1=O. The van der Waals surface area contributed by atoms with Crippen LogP contribution in [0.25, 0.3) is 0 Å². The molecule has 0 spiro atoms. The maximum atomic E-state index is 12.0. The predicted molar refractivity (Wildman–Crippen MR) is 60.2 cm³/mol. The maximum absolute atomic E-state index is 12.0. The number of carbonyl (C=O) groups is 1. The molecule has 15 heavy (non-hydrogen) atoms. The van der Waals surface area contributed by atoms with E-state index in [1.807, 2.05) is 4.90 Å². The number of amides is 1. The van der Waals surface area contributed by atoms with Gasteiger partial charge in [0, 0.05) is 6.54 Å². The molecule has 0 bridgehead atoms. The molecule has 1 N–H and O–H groups in total. The van der Waals surface area contributed by atoms with Gasteiger partial charge in [0.05, 0.1) is 12.7 Å². The van der Waals surface area contributed by atoms with Crippen molar-refractivity contribution in [3.8, 4) is 0 Å². The Bertz CT molecular complexity index is 254. The minimum atomic E-state index is 0.0732. The Hall–Kier alpha value is -0.570. The Morgan fingerprint density at radius 1 is 1.60 bits per heavy atom. The van der Waals surface area contributed by atoms with Crippen molar-refractivity contribution in [2.45, 2.75) is 39.7 Å². The fourth-order valence-corrected chi connectivity index (χ4v) is 2.34. The fraction of sp³-hybridized carbons (Fsp3) is 0.917. The number of rotatable bonds is 4. The van der Waals surface area contributed by atoms with Gasteiger partial charge < -0.3 is 4.90 Å². The van der Waals surface area contributed by atoms with Crippen LogP contribution in [0, 0.1) is 17.8 Å². The quantitative estimate of drug-likeness (QED) is 0.761. The molecule has 3 heteroatoms. The van der Waals surface area contributed by atoms with E-state index in [-0.39, 0.29) is 6.04 Å². The van der Waals surface area contributed by atoms with Crippen LogP contribution in [0.15, 0.2) is 0 Å². The van der Waals surface area contributed by atoms with Crippen LogP contribution < -0.4 is 5.32 Å². The van der Waals surface area contributed by atoms with Gasteiger partial charge in [-0.2, -0.15) is 0 Å². The van der Waals surface area contributed by atoms with Crippen LogP contribution in [-0.2, 0) is 4.79 Å². The summed E-state index contributed by atoms with van der Waals surface area (Å²) in [7, 11) is 0. The van der Waals surface area contributed by atoms with Gasteiger partial charge in [-0.1, -0.05) is 27.2 Å². The zero-order valence-electron chi connectivity index (χ0n) is 9.99. The molecule has 1 aliphatic carbocycles.